The Balaban J connectivity index is 3.65. The van der Waals surface area contributed by atoms with Crippen molar-refractivity contribution < 1.29 is 0 Å². The van der Waals surface area contributed by atoms with Crippen LogP contribution in [-0.2, 0) is 0 Å². The minimum Gasteiger partial charge on any atom is -0.321 e. The first kappa shape index (κ1) is 15.6. The molecular weight excluding hydrogens is 198 g/mol. The van der Waals surface area contributed by atoms with E-state index in [0.29, 0.717) is 0 Å². The molecule has 0 rings (SSSR count). The van der Waals surface area contributed by atoms with Crippen LogP contribution in [0.15, 0.2) is 12.7 Å². The van der Waals surface area contributed by atoms with Gasteiger partial charge in [-0.05, 0) is 45.3 Å². The highest BCUT2D eigenvalue weighted by atomic mass is 14.9. The smallest absolute Gasteiger partial charge is 0.0463 e. The maximum absolute atomic E-state index is 6.24. The third-order valence-electron chi connectivity index (χ3n) is 2.71. The Hall–Kier alpha value is -0.380. The third-order valence-corrected chi connectivity index (χ3v) is 2.71. The van der Waals surface area contributed by atoms with E-state index in [1.54, 1.807) is 0 Å². The highest BCUT2D eigenvalue weighted by Gasteiger charge is 2.19. The largest absolute Gasteiger partial charge is 0.321 e. The van der Waals surface area contributed by atoms with Crippen molar-refractivity contribution in [1.82, 2.24) is 10.6 Å². The summed E-state index contributed by atoms with van der Waals surface area (Å²) in [6.45, 7) is 12.2. The Morgan fingerprint density at radius 3 is 2.31 bits per heavy atom. The molecule has 0 aliphatic heterocycles. The van der Waals surface area contributed by atoms with Crippen LogP contribution in [0.2, 0.25) is 0 Å². The maximum Gasteiger partial charge on any atom is 0.0463 e. The average Bonchev–Trinajstić information content (AvgIpc) is 2.29. The summed E-state index contributed by atoms with van der Waals surface area (Å²) in [4.78, 5) is 0. The first-order chi connectivity index (χ1) is 7.68. The van der Waals surface area contributed by atoms with Crippen molar-refractivity contribution in [2.45, 2.75) is 45.1 Å². The molecule has 0 aliphatic carbocycles. The highest BCUT2D eigenvalue weighted by molar-refractivity contribution is 5.01. The molecule has 0 aromatic carbocycles. The molecule has 3 heteroatoms. The highest BCUT2D eigenvalue weighted by Crippen LogP contribution is 2.09. The van der Waals surface area contributed by atoms with Gasteiger partial charge in [0.2, 0.25) is 0 Å². The molecule has 0 spiro atoms. The zero-order valence-corrected chi connectivity index (χ0v) is 11.0. The van der Waals surface area contributed by atoms with Crippen LogP contribution in [0.1, 0.15) is 39.5 Å². The molecule has 0 aromatic heterocycles. The molecule has 0 amide bonds. The van der Waals surface area contributed by atoms with Gasteiger partial charge in [-0.15, -0.1) is 6.58 Å². The van der Waals surface area contributed by atoms with E-state index in [4.69, 9.17) is 5.73 Å². The van der Waals surface area contributed by atoms with Crippen LogP contribution in [0.4, 0.5) is 0 Å². The van der Waals surface area contributed by atoms with Crippen LogP contribution in [0, 0.1) is 0 Å². The molecular formula is C13H29N3. The zero-order chi connectivity index (χ0) is 12.3. The Morgan fingerprint density at radius 1 is 1.12 bits per heavy atom. The number of rotatable bonds is 11. The molecule has 0 saturated heterocycles. The summed E-state index contributed by atoms with van der Waals surface area (Å²) in [6.07, 6.45) is 6.31. The van der Waals surface area contributed by atoms with E-state index >= 15 is 0 Å². The summed E-state index contributed by atoms with van der Waals surface area (Å²) in [7, 11) is 0. The summed E-state index contributed by atoms with van der Waals surface area (Å²) in [5.41, 5.74) is 6.00. The molecule has 0 fully saturated rings. The van der Waals surface area contributed by atoms with Crippen molar-refractivity contribution in [3.8, 4) is 0 Å². The fourth-order valence-electron chi connectivity index (χ4n) is 1.60. The van der Waals surface area contributed by atoms with Gasteiger partial charge in [0.1, 0.15) is 0 Å². The topological polar surface area (TPSA) is 50.1 Å². The van der Waals surface area contributed by atoms with E-state index in [0.717, 1.165) is 45.4 Å². The van der Waals surface area contributed by atoms with Crippen molar-refractivity contribution in [3.63, 3.8) is 0 Å². The van der Waals surface area contributed by atoms with Crippen LogP contribution < -0.4 is 16.4 Å². The van der Waals surface area contributed by atoms with Gasteiger partial charge < -0.3 is 16.4 Å². The van der Waals surface area contributed by atoms with Gasteiger partial charge in [0.25, 0.3) is 0 Å². The summed E-state index contributed by atoms with van der Waals surface area (Å²) < 4.78 is 0. The SMILES string of the molecule is C=CC(N)(CCCNCCC)CNCCC. The van der Waals surface area contributed by atoms with E-state index in [9.17, 15) is 0 Å². The fourth-order valence-corrected chi connectivity index (χ4v) is 1.60. The van der Waals surface area contributed by atoms with Crippen LogP contribution in [0.3, 0.4) is 0 Å². The molecule has 4 N–H and O–H groups in total. The minimum atomic E-state index is -0.247. The summed E-state index contributed by atoms with van der Waals surface area (Å²) in [6, 6.07) is 0. The summed E-state index contributed by atoms with van der Waals surface area (Å²) in [5.74, 6) is 0. The molecule has 0 radical (unpaired) electrons. The van der Waals surface area contributed by atoms with Crippen LogP contribution in [-0.4, -0.2) is 31.7 Å². The van der Waals surface area contributed by atoms with Crippen LogP contribution in [0.5, 0.6) is 0 Å². The summed E-state index contributed by atoms with van der Waals surface area (Å²) >= 11 is 0. The van der Waals surface area contributed by atoms with E-state index in [1.165, 1.54) is 6.42 Å². The second-order valence-corrected chi connectivity index (χ2v) is 4.47. The predicted octanol–water partition coefficient (Wildman–Crippen LogP) is 1.65. The van der Waals surface area contributed by atoms with Gasteiger partial charge in [0.15, 0.2) is 0 Å². The molecule has 0 bridgehead atoms. The monoisotopic (exact) mass is 227 g/mol. The summed E-state index contributed by atoms with van der Waals surface area (Å²) in [5, 5.41) is 6.75. The third kappa shape index (κ3) is 7.85. The van der Waals surface area contributed by atoms with Gasteiger partial charge in [-0.2, -0.15) is 0 Å². The fraction of sp³-hybridized carbons (Fsp3) is 0.846. The molecule has 0 aromatic rings. The van der Waals surface area contributed by atoms with Gasteiger partial charge >= 0.3 is 0 Å². The molecule has 1 unspecified atom stereocenters. The lowest BCUT2D eigenvalue weighted by molar-refractivity contribution is 0.427. The first-order valence-corrected chi connectivity index (χ1v) is 6.52. The molecule has 0 aliphatic rings. The molecule has 3 nitrogen and oxygen atoms in total. The molecule has 96 valence electrons. The number of hydrogen-bond acceptors (Lipinski definition) is 3. The Morgan fingerprint density at radius 2 is 1.75 bits per heavy atom. The van der Waals surface area contributed by atoms with Crippen LogP contribution in [0.25, 0.3) is 0 Å². The van der Waals surface area contributed by atoms with Crippen molar-refractivity contribution >= 4 is 0 Å². The average molecular weight is 227 g/mol. The normalized spacial score (nSPS) is 14.7. The lowest BCUT2D eigenvalue weighted by atomic mass is 9.94. The number of nitrogens with one attached hydrogen (secondary N) is 2. The maximum atomic E-state index is 6.24. The van der Waals surface area contributed by atoms with Crippen molar-refractivity contribution in [2.75, 3.05) is 26.2 Å². The van der Waals surface area contributed by atoms with E-state index in [1.807, 2.05) is 6.08 Å². The van der Waals surface area contributed by atoms with E-state index in [-0.39, 0.29) is 5.54 Å². The quantitative estimate of drug-likeness (QED) is 0.371. The Labute approximate surface area is 101 Å². The zero-order valence-electron chi connectivity index (χ0n) is 11.0. The van der Waals surface area contributed by atoms with Crippen molar-refractivity contribution in [3.05, 3.63) is 12.7 Å². The van der Waals surface area contributed by atoms with Crippen molar-refractivity contribution in [2.24, 2.45) is 5.73 Å². The Bertz CT molecular complexity index is 171. The van der Waals surface area contributed by atoms with Gasteiger partial charge in [0, 0.05) is 12.1 Å². The van der Waals surface area contributed by atoms with Gasteiger partial charge in [-0.25, -0.2) is 0 Å². The van der Waals surface area contributed by atoms with Gasteiger partial charge in [-0.3, -0.25) is 0 Å². The molecule has 1 atom stereocenters. The Kier molecular flexibility index (Phi) is 9.59. The standard InChI is InChI=1S/C13H29N3/c1-4-9-15-11-7-8-13(14,6-3)12-16-10-5-2/h6,15-16H,3-5,7-12,14H2,1-2H3. The van der Waals surface area contributed by atoms with Gasteiger partial charge in [-0.1, -0.05) is 19.9 Å². The predicted molar refractivity (Wildman–Crippen MR) is 72.7 cm³/mol. The van der Waals surface area contributed by atoms with E-state index in [2.05, 4.69) is 31.1 Å². The molecule has 0 heterocycles. The number of nitrogens with two attached hydrogens (primary N) is 1. The van der Waals surface area contributed by atoms with Gasteiger partial charge in [0.05, 0.1) is 0 Å². The van der Waals surface area contributed by atoms with E-state index < -0.39 is 0 Å². The lowest BCUT2D eigenvalue weighted by Crippen LogP contribution is -2.47. The molecule has 16 heavy (non-hydrogen) atoms. The first-order valence-electron chi connectivity index (χ1n) is 6.52. The van der Waals surface area contributed by atoms with Crippen molar-refractivity contribution in [1.29, 1.82) is 0 Å². The second kappa shape index (κ2) is 9.82. The minimum absolute atomic E-state index is 0.247. The molecule has 0 saturated carbocycles. The van der Waals surface area contributed by atoms with Crippen LogP contribution >= 0.6 is 0 Å². The number of hydrogen-bond donors (Lipinski definition) is 3. The second-order valence-electron chi connectivity index (χ2n) is 4.47. The lowest BCUT2D eigenvalue weighted by Gasteiger charge is -2.26.